The van der Waals surface area contributed by atoms with Gasteiger partial charge in [0.25, 0.3) is 0 Å². The van der Waals surface area contributed by atoms with E-state index in [0.717, 1.165) is 10.1 Å². The molecule has 5 heteroatoms. The van der Waals surface area contributed by atoms with Crippen LogP contribution in [0, 0.1) is 27.7 Å². The Morgan fingerprint density at radius 3 is 2.35 bits per heavy atom. The quantitative estimate of drug-likeness (QED) is 0.852. The SMILES string of the molecule is Cc1cc(C)c(CSc2nc(C)c(C(=O)O)s2)c(C)c1. The minimum atomic E-state index is -0.894. The van der Waals surface area contributed by atoms with E-state index in [1.165, 1.54) is 33.6 Å². The van der Waals surface area contributed by atoms with Gasteiger partial charge in [0.15, 0.2) is 4.34 Å². The molecule has 0 radical (unpaired) electrons. The van der Waals surface area contributed by atoms with Crippen LogP contribution in [-0.4, -0.2) is 16.1 Å². The van der Waals surface area contributed by atoms with E-state index in [9.17, 15) is 4.79 Å². The number of carboxylic acid groups (broad SMARTS) is 1. The average molecular weight is 307 g/mol. The Labute approximate surface area is 127 Å². The minimum absolute atomic E-state index is 0.338. The van der Waals surface area contributed by atoms with E-state index in [-0.39, 0.29) is 0 Å². The van der Waals surface area contributed by atoms with Crippen LogP contribution in [0.2, 0.25) is 0 Å². The van der Waals surface area contributed by atoms with Crippen LogP contribution in [0.3, 0.4) is 0 Å². The fourth-order valence-electron chi connectivity index (χ4n) is 2.20. The molecule has 0 saturated heterocycles. The molecule has 0 unspecified atom stereocenters. The average Bonchev–Trinajstić information content (AvgIpc) is 2.69. The summed E-state index contributed by atoms with van der Waals surface area (Å²) < 4.78 is 0.819. The zero-order valence-corrected chi connectivity index (χ0v) is 13.6. The van der Waals surface area contributed by atoms with Crippen molar-refractivity contribution in [1.29, 1.82) is 0 Å². The maximum absolute atomic E-state index is 11.0. The molecule has 0 amide bonds. The van der Waals surface area contributed by atoms with Gasteiger partial charge in [-0.2, -0.15) is 0 Å². The van der Waals surface area contributed by atoms with Gasteiger partial charge in [0.2, 0.25) is 0 Å². The number of hydrogen-bond acceptors (Lipinski definition) is 4. The number of hydrogen-bond donors (Lipinski definition) is 1. The molecule has 1 N–H and O–H groups in total. The van der Waals surface area contributed by atoms with Crippen molar-refractivity contribution < 1.29 is 9.90 Å². The highest BCUT2D eigenvalue weighted by atomic mass is 32.2. The Morgan fingerprint density at radius 2 is 1.85 bits per heavy atom. The maximum atomic E-state index is 11.0. The predicted octanol–water partition coefficient (Wildman–Crippen LogP) is 4.37. The molecule has 0 bridgehead atoms. The highest BCUT2D eigenvalue weighted by Crippen LogP contribution is 2.31. The Kier molecular flexibility index (Phi) is 4.50. The molecule has 106 valence electrons. The molecule has 2 rings (SSSR count). The van der Waals surface area contributed by atoms with E-state index in [0.29, 0.717) is 10.6 Å². The van der Waals surface area contributed by atoms with Crippen molar-refractivity contribution in [2.75, 3.05) is 0 Å². The lowest BCUT2D eigenvalue weighted by Gasteiger charge is -2.10. The molecule has 0 fully saturated rings. The van der Waals surface area contributed by atoms with Gasteiger partial charge >= 0.3 is 5.97 Å². The summed E-state index contributed by atoms with van der Waals surface area (Å²) >= 11 is 2.86. The third-order valence-corrected chi connectivity index (χ3v) is 5.47. The highest BCUT2D eigenvalue weighted by Gasteiger charge is 2.14. The van der Waals surface area contributed by atoms with Gasteiger partial charge in [-0.3, -0.25) is 0 Å². The van der Waals surface area contributed by atoms with E-state index >= 15 is 0 Å². The number of benzene rings is 1. The van der Waals surface area contributed by atoms with E-state index < -0.39 is 5.97 Å². The number of aryl methyl sites for hydroxylation is 4. The number of thioether (sulfide) groups is 1. The van der Waals surface area contributed by atoms with Crippen molar-refractivity contribution in [2.24, 2.45) is 0 Å². The summed E-state index contributed by atoms with van der Waals surface area (Å²) in [6.45, 7) is 8.07. The molecule has 3 nitrogen and oxygen atoms in total. The van der Waals surface area contributed by atoms with E-state index in [1.807, 2.05) is 0 Å². The largest absolute Gasteiger partial charge is 0.477 e. The fourth-order valence-corrected chi connectivity index (χ4v) is 4.43. The van der Waals surface area contributed by atoms with Crippen molar-refractivity contribution in [3.05, 3.63) is 45.0 Å². The highest BCUT2D eigenvalue weighted by molar-refractivity contribution is 8.00. The maximum Gasteiger partial charge on any atom is 0.347 e. The van der Waals surface area contributed by atoms with Gasteiger partial charge in [0.1, 0.15) is 4.88 Å². The Balaban J connectivity index is 2.17. The van der Waals surface area contributed by atoms with Crippen LogP contribution in [0.5, 0.6) is 0 Å². The molecular formula is C15H17NO2S2. The van der Waals surface area contributed by atoms with Gasteiger partial charge in [-0.05, 0) is 44.4 Å². The van der Waals surface area contributed by atoms with Crippen LogP contribution >= 0.6 is 23.1 Å². The van der Waals surface area contributed by atoms with E-state index in [2.05, 4.69) is 37.9 Å². The molecule has 1 aromatic carbocycles. The van der Waals surface area contributed by atoms with Gasteiger partial charge in [-0.15, -0.1) is 11.3 Å². The smallest absolute Gasteiger partial charge is 0.347 e. The number of aromatic carboxylic acids is 1. The number of thiazole rings is 1. The van der Waals surface area contributed by atoms with E-state index in [4.69, 9.17) is 5.11 Å². The van der Waals surface area contributed by atoms with Gasteiger partial charge < -0.3 is 5.11 Å². The number of rotatable bonds is 4. The molecule has 2 aromatic rings. The molecule has 0 saturated carbocycles. The molecule has 0 aliphatic heterocycles. The van der Waals surface area contributed by atoms with Crippen LogP contribution in [-0.2, 0) is 5.75 Å². The Hall–Kier alpha value is -1.33. The second-order valence-electron chi connectivity index (χ2n) is 4.87. The van der Waals surface area contributed by atoms with Crippen molar-refractivity contribution >= 4 is 29.1 Å². The normalized spacial score (nSPS) is 10.8. The van der Waals surface area contributed by atoms with E-state index in [1.54, 1.807) is 18.7 Å². The number of carbonyl (C=O) groups is 1. The first kappa shape index (κ1) is 15.1. The number of nitrogens with zero attached hydrogens (tertiary/aromatic N) is 1. The van der Waals surface area contributed by atoms with Crippen molar-refractivity contribution in [1.82, 2.24) is 4.98 Å². The molecule has 0 aliphatic carbocycles. The second-order valence-corrected chi connectivity index (χ2v) is 7.09. The summed E-state index contributed by atoms with van der Waals surface area (Å²) in [5.74, 6) is -0.0706. The molecule has 0 aliphatic rings. The lowest BCUT2D eigenvalue weighted by molar-refractivity contribution is 0.0701. The molecule has 20 heavy (non-hydrogen) atoms. The monoisotopic (exact) mass is 307 g/mol. The van der Waals surface area contributed by atoms with Crippen LogP contribution in [0.15, 0.2) is 16.5 Å². The van der Waals surface area contributed by atoms with Gasteiger partial charge in [0, 0.05) is 5.75 Å². The summed E-state index contributed by atoms with van der Waals surface area (Å²) in [6, 6.07) is 4.36. The van der Waals surface area contributed by atoms with Gasteiger partial charge in [-0.25, -0.2) is 9.78 Å². The standard InChI is InChI=1S/C15H17NO2S2/c1-8-5-9(2)12(10(3)6-8)7-19-15-16-11(4)13(20-15)14(17)18/h5-6H,7H2,1-4H3,(H,17,18). The molecular weight excluding hydrogens is 290 g/mol. The molecule has 1 aromatic heterocycles. The topological polar surface area (TPSA) is 50.2 Å². The summed E-state index contributed by atoms with van der Waals surface area (Å²) in [4.78, 5) is 15.7. The first-order valence-corrected chi connectivity index (χ1v) is 8.09. The number of aromatic nitrogens is 1. The zero-order valence-electron chi connectivity index (χ0n) is 12.0. The third-order valence-electron chi connectivity index (χ3n) is 3.15. The van der Waals surface area contributed by atoms with Crippen LogP contribution in [0.4, 0.5) is 0 Å². The lowest BCUT2D eigenvalue weighted by atomic mass is 10.0. The van der Waals surface area contributed by atoms with Crippen molar-refractivity contribution in [2.45, 2.75) is 37.8 Å². The summed E-state index contributed by atoms with van der Waals surface area (Å²) in [5, 5.41) is 9.04. The summed E-state index contributed by atoms with van der Waals surface area (Å²) in [7, 11) is 0. The van der Waals surface area contributed by atoms with Crippen LogP contribution < -0.4 is 0 Å². The zero-order chi connectivity index (χ0) is 14.9. The van der Waals surface area contributed by atoms with Crippen LogP contribution in [0.1, 0.15) is 37.6 Å². The third kappa shape index (κ3) is 3.22. The fraction of sp³-hybridized carbons (Fsp3) is 0.333. The molecule has 1 heterocycles. The summed E-state index contributed by atoms with van der Waals surface area (Å²) in [6.07, 6.45) is 0. The van der Waals surface area contributed by atoms with Crippen molar-refractivity contribution in [3.63, 3.8) is 0 Å². The van der Waals surface area contributed by atoms with Crippen LogP contribution in [0.25, 0.3) is 0 Å². The first-order valence-electron chi connectivity index (χ1n) is 6.28. The number of carboxylic acids is 1. The van der Waals surface area contributed by atoms with Gasteiger partial charge in [-0.1, -0.05) is 29.5 Å². The molecule has 0 spiro atoms. The first-order chi connectivity index (χ1) is 9.38. The molecule has 0 atom stereocenters. The van der Waals surface area contributed by atoms with Gasteiger partial charge in [0.05, 0.1) is 5.69 Å². The second kappa shape index (κ2) is 5.97. The predicted molar refractivity (Wildman–Crippen MR) is 84.0 cm³/mol. The summed E-state index contributed by atoms with van der Waals surface area (Å²) in [5.41, 5.74) is 5.74. The Bertz CT molecular complexity index is 639. The van der Waals surface area contributed by atoms with Crippen molar-refractivity contribution in [3.8, 4) is 0 Å². The minimum Gasteiger partial charge on any atom is -0.477 e. The lowest BCUT2D eigenvalue weighted by Crippen LogP contribution is -1.94. The Morgan fingerprint density at radius 1 is 1.25 bits per heavy atom.